The molecule has 0 aliphatic carbocycles. The zero-order valence-corrected chi connectivity index (χ0v) is 8.69. The van der Waals surface area contributed by atoms with E-state index in [4.69, 9.17) is 11.6 Å². The van der Waals surface area contributed by atoms with E-state index in [1.807, 2.05) is 6.07 Å². The maximum Gasteiger partial charge on any atom is 0.138 e. The molecule has 0 aliphatic rings. The van der Waals surface area contributed by atoms with Gasteiger partial charge in [0.05, 0.1) is 5.02 Å². The first-order valence-corrected chi connectivity index (χ1v) is 4.60. The summed E-state index contributed by atoms with van der Waals surface area (Å²) in [6, 6.07) is 3.62. The van der Waals surface area contributed by atoms with Gasteiger partial charge in [-0.2, -0.15) is 0 Å². The lowest BCUT2D eigenvalue weighted by molar-refractivity contribution is 0.469. The molecule has 1 rings (SSSR count). The van der Waals surface area contributed by atoms with Crippen molar-refractivity contribution in [2.75, 3.05) is 0 Å². The first-order chi connectivity index (χ1) is 5.66. The number of hydrogen-bond acceptors (Lipinski definition) is 1. The van der Waals surface area contributed by atoms with E-state index < -0.39 is 0 Å². The molecular weight excluding hydrogens is 239 g/mol. The van der Waals surface area contributed by atoms with E-state index in [-0.39, 0.29) is 5.75 Å². The summed E-state index contributed by atoms with van der Waals surface area (Å²) < 4.78 is 0.703. The zero-order chi connectivity index (χ0) is 9.14. The Morgan fingerprint density at radius 2 is 2.25 bits per heavy atom. The van der Waals surface area contributed by atoms with Crippen molar-refractivity contribution in [3.05, 3.63) is 39.8 Å². The molecule has 0 spiro atoms. The van der Waals surface area contributed by atoms with Gasteiger partial charge in [0.15, 0.2) is 0 Å². The molecule has 0 aromatic heterocycles. The minimum Gasteiger partial charge on any atom is -0.506 e. The summed E-state index contributed by atoms with van der Waals surface area (Å²) >= 11 is 9.00. The molecule has 0 radical (unpaired) electrons. The van der Waals surface area contributed by atoms with Crippen molar-refractivity contribution in [1.82, 2.24) is 0 Å². The summed E-state index contributed by atoms with van der Waals surface area (Å²) in [5.74, 6) is 0.131. The van der Waals surface area contributed by atoms with Crippen molar-refractivity contribution in [2.45, 2.75) is 6.42 Å². The van der Waals surface area contributed by atoms with Crippen LogP contribution in [0.5, 0.6) is 5.75 Å². The summed E-state index contributed by atoms with van der Waals surface area (Å²) in [6.45, 7) is 3.58. The Balaban J connectivity index is 3.16. The van der Waals surface area contributed by atoms with Crippen molar-refractivity contribution in [1.29, 1.82) is 0 Å². The highest BCUT2D eigenvalue weighted by atomic mass is 79.9. The van der Waals surface area contributed by atoms with Crippen LogP contribution in [0.15, 0.2) is 29.3 Å². The van der Waals surface area contributed by atoms with E-state index in [9.17, 15) is 5.11 Å². The first kappa shape index (κ1) is 9.62. The molecule has 0 saturated carbocycles. The van der Waals surface area contributed by atoms with E-state index in [2.05, 4.69) is 22.5 Å². The smallest absolute Gasteiger partial charge is 0.138 e. The number of phenolic OH excluding ortho intramolecular Hbond substituents is 1. The minimum absolute atomic E-state index is 0.131. The van der Waals surface area contributed by atoms with Gasteiger partial charge >= 0.3 is 0 Å². The molecule has 0 unspecified atom stereocenters. The molecule has 1 aromatic carbocycles. The van der Waals surface area contributed by atoms with Gasteiger partial charge in [0.25, 0.3) is 0 Å². The fourth-order valence-corrected chi connectivity index (χ4v) is 1.40. The summed E-state index contributed by atoms with van der Waals surface area (Å²) in [5, 5.41) is 9.86. The van der Waals surface area contributed by atoms with Crippen molar-refractivity contribution in [2.24, 2.45) is 0 Å². The summed E-state index contributed by atoms with van der Waals surface area (Å²) in [6.07, 6.45) is 2.35. The number of aromatic hydroxyl groups is 1. The summed E-state index contributed by atoms with van der Waals surface area (Å²) in [7, 11) is 0. The van der Waals surface area contributed by atoms with Gasteiger partial charge in [0.2, 0.25) is 0 Å². The predicted molar refractivity (Wildman–Crippen MR) is 54.7 cm³/mol. The fraction of sp³-hybridized carbons (Fsp3) is 0.111. The summed E-state index contributed by atoms with van der Waals surface area (Å²) in [5.41, 5.74) is 0.790. The zero-order valence-electron chi connectivity index (χ0n) is 6.35. The molecule has 12 heavy (non-hydrogen) atoms. The lowest BCUT2D eigenvalue weighted by Gasteiger charge is -2.04. The number of halogens is 2. The average Bonchev–Trinajstić information content (AvgIpc) is 2.07. The molecule has 0 fully saturated rings. The van der Waals surface area contributed by atoms with Crippen LogP contribution in [0, 0.1) is 0 Å². The van der Waals surface area contributed by atoms with Gasteiger partial charge in [0.1, 0.15) is 5.75 Å². The van der Waals surface area contributed by atoms with Crippen LogP contribution in [-0.4, -0.2) is 5.11 Å². The van der Waals surface area contributed by atoms with Gasteiger partial charge in [-0.3, -0.25) is 0 Å². The van der Waals surface area contributed by atoms with Gasteiger partial charge in [-0.25, -0.2) is 0 Å². The number of phenols is 1. The second kappa shape index (κ2) is 3.97. The Morgan fingerprint density at radius 1 is 1.58 bits per heavy atom. The molecule has 0 atom stereocenters. The molecule has 0 aliphatic heterocycles. The third kappa shape index (κ3) is 1.82. The highest BCUT2D eigenvalue weighted by Crippen LogP contribution is 2.34. The largest absolute Gasteiger partial charge is 0.506 e. The minimum atomic E-state index is 0.131. The van der Waals surface area contributed by atoms with E-state index in [0.717, 1.165) is 5.56 Å². The quantitative estimate of drug-likeness (QED) is 0.793. The van der Waals surface area contributed by atoms with Crippen LogP contribution < -0.4 is 0 Å². The number of rotatable bonds is 2. The van der Waals surface area contributed by atoms with Crippen molar-refractivity contribution >= 4 is 27.5 Å². The fourth-order valence-electron chi connectivity index (χ4n) is 0.900. The van der Waals surface area contributed by atoms with Crippen LogP contribution in [0.2, 0.25) is 5.02 Å². The second-order valence-corrected chi connectivity index (χ2v) is 3.59. The van der Waals surface area contributed by atoms with Gasteiger partial charge in [-0.05, 0) is 34.0 Å². The van der Waals surface area contributed by atoms with E-state index in [1.54, 1.807) is 12.1 Å². The lowest BCUT2D eigenvalue weighted by Crippen LogP contribution is -1.83. The van der Waals surface area contributed by atoms with Crippen molar-refractivity contribution in [3.8, 4) is 5.75 Å². The molecular formula is C9H8BrClO. The molecule has 1 aromatic rings. The van der Waals surface area contributed by atoms with Crippen LogP contribution in [0.25, 0.3) is 0 Å². The normalized spacial score (nSPS) is 9.83. The van der Waals surface area contributed by atoms with Crippen molar-refractivity contribution in [3.63, 3.8) is 0 Å². The highest BCUT2D eigenvalue weighted by molar-refractivity contribution is 9.10. The Kier molecular flexibility index (Phi) is 3.18. The molecule has 0 saturated heterocycles. The predicted octanol–water partition coefficient (Wildman–Crippen LogP) is 3.54. The summed E-state index contributed by atoms with van der Waals surface area (Å²) in [4.78, 5) is 0. The van der Waals surface area contributed by atoms with Gasteiger partial charge < -0.3 is 5.11 Å². The van der Waals surface area contributed by atoms with Crippen LogP contribution >= 0.6 is 27.5 Å². The van der Waals surface area contributed by atoms with Crippen LogP contribution in [-0.2, 0) is 6.42 Å². The molecule has 0 amide bonds. The molecule has 3 heteroatoms. The Labute approximate surface area is 84.8 Å². The van der Waals surface area contributed by atoms with Crippen LogP contribution in [0.1, 0.15) is 5.56 Å². The molecule has 1 N–H and O–H groups in total. The topological polar surface area (TPSA) is 20.2 Å². The second-order valence-electron chi connectivity index (χ2n) is 2.36. The number of benzene rings is 1. The Bertz CT molecular complexity index is 310. The number of allylic oxidation sites excluding steroid dienone is 1. The maximum absolute atomic E-state index is 9.50. The van der Waals surface area contributed by atoms with Crippen LogP contribution in [0.3, 0.4) is 0 Å². The SMILES string of the molecule is C=CCc1ccc(Br)c(Cl)c1O. The Morgan fingerprint density at radius 3 is 2.83 bits per heavy atom. The van der Waals surface area contributed by atoms with E-state index in [1.165, 1.54) is 0 Å². The van der Waals surface area contributed by atoms with Gasteiger partial charge in [-0.15, -0.1) is 6.58 Å². The first-order valence-electron chi connectivity index (χ1n) is 3.43. The van der Waals surface area contributed by atoms with Gasteiger partial charge in [0, 0.05) is 4.47 Å². The third-order valence-corrected chi connectivity index (χ3v) is 2.79. The standard InChI is InChI=1S/C9H8BrClO/c1-2-3-6-4-5-7(10)8(11)9(6)12/h2,4-5,12H,1,3H2. The molecule has 0 heterocycles. The molecule has 0 bridgehead atoms. The average molecular weight is 248 g/mol. The molecule has 64 valence electrons. The van der Waals surface area contributed by atoms with Gasteiger partial charge in [-0.1, -0.05) is 23.7 Å². The monoisotopic (exact) mass is 246 g/mol. The third-order valence-electron chi connectivity index (χ3n) is 1.52. The van der Waals surface area contributed by atoms with Crippen molar-refractivity contribution < 1.29 is 5.11 Å². The number of hydrogen-bond donors (Lipinski definition) is 1. The Hall–Kier alpha value is -0.470. The van der Waals surface area contributed by atoms with E-state index >= 15 is 0 Å². The lowest BCUT2D eigenvalue weighted by atomic mass is 10.1. The highest BCUT2D eigenvalue weighted by Gasteiger charge is 2.07. The van der Waals surface area contributed by atoms with Crippen LogP contribution in [0.4, 0.5) is 0 Å². The van der Waals surface area contributed by atoms with E-state index in [0.29, 0.717) is 15.9 Å². The maximum atomic E-state index is 9.50. The molecule has 1 nitrogen and oxygen atoms in total.